The summed E-state index contributed by atoms with van der Waals surface area (Å²) in [4.78, 5) is 15.3. The van der Waals surface area contributed by atoms with Gasteiger partial charge in [-0.2, -0.15) is 13.2 Å². The lowest BCUT2D eigenvalue weighted by Gasteiger charge is -2.44. The lowest BCUT2D eigenvalue weighted by atomic mass is 9.82. The second kappa shape index (κ2) is 8.19. The Hall–Kier alpha value is -2.34. The molecule has 0 spiro atoms. The van der Waals surface area contributed by atoms with Crippen LogP contribution in [0, 0.1) is 6.92 Å². The second-order valence-corrected chi connectivity index (χ2v) is 8.05. The molecule has 3 nitrogen and oxygen atoms in total. The van der Waals surface area contributed by atoms with Gasteiger partial charge in [-0.25, -0.2) is 0 Å². The third-order valence-corrected chi connectivity index (χ3v) is 6.12. The number of carbonyl (C=O) groups excluding carboxylic acids is 1. The molecule has 1 aliphatic carbocycles. The van der Waals surface area contributed by atoms with Crippen molar-refractivity contribution < 1.29 is 18.0 Å². The Kier molecular flexibility index (Phi) is 6.03. The predicted molar refractivity (Wildman–Crippen MR) is 108 cm³/mol. The van der Waals surface area contributed by atoms with Gasteiger partial charge in [-0.3, -0.25) is 4.79 Å². The van der Waals surface area contributed by atoms with E-state index in [9.17, 15) is 18.0 Å². The monoisotopic (exact) mass is 404 g/mol. The third-order valence-electron chi connectivity index (χ3n) is 6.12. The molecule has 3 rings (SSSR count). The maximum atomic E-state index is 13.2. The third kappa shape index (κ3) is 4.32. The van der Waals surface area contributed by atoms with Gasteiger partial charge in [0.05, 0.1) is 11.6 Å². The van der Waals surface area contributed by atoms with E-state index in [-0.39, 0.29) is 17.1 Å². The summed E-state index contributed by atoms with van der Waals surface area (Å²) >= 11 is 0. The highest BCUT2D eigenvalue weighted by Crippen LogP contribution is 2.43. The van der Waals surface area contributed by atoms with Crippen molar-refractivity contribution in [2.75, 3.05) is 14.1 Å². The van der Waals surface area contributed by atoms with Gasteiger partial charge in [0.1, 0.15) is 0 Å². The van der Waals surface area contributed by atoms with Crippen LogP contribution in [0.15, 0.2) is 48.5 Å². The maximum Gasteiger partial charge on any atom is 0.416 e. The van der Waals surface area contributed by atoms with Crippen LogP contribution in [-0.4, -0.2) is 30.4 Å². The van der Waals surface area contributed by atoms with Crippen LogP contribution in [0.4, 0.5) is 13.2 Å². The molecule has 0 heterocycles. The largest absolute Gasteiger partial charge is 0.416 e. The number of rotatable bonds is 5. The predicted octanol–water partition coefficient (Wildman–Crippen LogP) is 5.36. The molecule has 1 N–H and O–H groups in total. The Bertz CT molecular complexity index is 856. The summed E-state index contributed by atoms with van der Waals surface area (Å²) in [6.07, 6.45) is -0.541. The summed E-state index contributed by atoms with van der Waals surface area (Å²) in [5, 5.41) is 3.09. The van der Waals surface area contributed by atoms with E-state index < -0.39 is 17.6 Å². The van der Waals surface area contributed by atoms with E-state index in [2.05, 4.69) is 10.2 Å². The first-order valence-corrected chi connectivity index (χ1v) is 9.86. The molecule has 1 atom stereocenters. The summed E-state index contributed by atoms with van der Waals surface area (Å²) in [7, 11) is 4.01. The summed E-state index contributed by atoms with van der Waals surface area (Å²) in [5.41, 5.74) is 0.459. The minimum absolute atomic E-state index is 0.0626. The van der Waals surface area contributed by atoms with E-state index in [1.54, 1.807) is 6.92 Å². The molecular weight excluding hydrogens is 377 g/mol. The van der Waals surface area contributed by atoms with Crippen molar-refractivity contribution in [2.24, 2.45) is 0 Å². The number of carbonyl (C=O) groups is 1. The molecule has 29 heavy (non-hydrogen) atoms. The molecule has 2 aromatic carbocycles. The fraction of sp³-hybridized carbons (Fsp3) is 0.435. The maximum absolute atomic E-state index is 13.2. The topological polar surface area (TPSA) is 32.3 Å². The van der Waals surface area contributed by atoms with Crippen molar-refractivity contribution >= 4 is 5.91 Å². The molecular formula is C23H27F3N2O. The summed E-state index contributed by atoms with van der Waals surface area (Å²) in [5.74, 6) is -0.476. The lowest BCUT2D eigenvalue weighted by Crippen LogP contribution is -2.53. The number of likely N-dealkylation sites (N-methyl/N-ethyl adjacent to an activating group) is 1. The molecule has 1 fully saturated rings. The standard InChI is InChI=1S/C23H27F3N2O/c1-16-11-12-18(23(24,25)26)15-19(16)21(29)27-20(17-9-5-4-6-10-17)22(28(2)3)13-7-8-14-22/h4-6,9-12,15,20H,7-8,13-14H2,1-3H3,(H,27,29). The average Bonchev–Trinajstić information content (AvgIpc) is 3.17. The van der Waals surface area contributed by atoms with Gasteiger partial charge in [0.25, 0.3) is 5.91 Å². The number of amides is 1. The highest BCUT2D eigenvalue weighted by Gasteiger charge is 2.45. The Labute approximate surface area is 169 Å². The molecule has 156 valence electrons. The molecule has 0 aromatic heterocycles. The zero-order chi connectivity index (χ0) is 21.2. The van der Waals surface area contributed by atoms with Gasteiger partial charge in [-0.15, -0.1) is 0 Å². The van der Waals surface area contributed by atoms with Gasteiger partial charge in [0.2, 0.25) is 0 Å². The number of halogens is 3. The molecule has 1 saturated carbocycles. The van der Waals surface area contributed by atoms with Gasteiger partial charge < -0.3 is 10.2 Å². The van der Waals surface area contributed by atoms with Crippen LogP contribution in [0.25, 0.3) is 0 Å². The van der Waals surface area contributed by atoms with Crippen molar-refractivity contribution in [1.29, 1.82) is 0 Å². The fourth-order valence-corrected chi connectivity index (χ4v) is 4.41. The molecule has 1 unspecified atom stereocenters. The van der Waals surface area contributed by atoms with Crippen molar-refractivity contribution in [3.8, 4) is 0 Å². The highest BCUT2D eigenvalue weighted by molar-refractivity contribution is 5.96. The van der Waals surface area contributed by atoms with Crippen molar-refractivity contribution in [2.45, 2.75) is 50.4 Å². The number of alkyl halides is 3. The minimum Gasteiger partial charge on any atom is -0.343 e. The summed E-state index contributed by atoms with van der Waals surface area (Å²) < 4.78 is 39.5. The zero-order valence-electron chi connectivity index (χ0n) is 17.0. The van der Waals surface area contributed by atoms with Crippen LogP contribution >= 0.6 is 0 Å². The van der Waals surface area contributed by atoms with E-state index in [1.165, 1.54) is 6.07 Å². The van der Waals surface area contributed by atoms with E-state index in [0.717, 1.165) is 43.4 Å². The Morgan fingerprint density at radius 1 is 1.07 bits per heavy atom. The van der Waals surface area contributed by atoms with Crippen LogP contribution in [0.3, 0.4) is 0 Å². The van der Waals surface area contributed by atoms with Crippen LogP contribution in [-0.2, 0) is 6.18 Å². The minimum atomic E-state index is -4.49. The number of nitrogens with one attached hydrogen (secondary N) is 1. The summed E-state index contributed by atoms with van der Waals surface area (Å²) in [6, 6.07) is 12.7. The number of aryl methyl sites for hydroxylation is 1. The second-order valence-electron chi connectivity index (χ2n) is 8.05. The Balaban J connectivity index is 2.00. The number of benzene rings is 2. The first-order valence-electron chi connectivity index (χ1n) is 9.86. The van der Waals surface area contributed by atoms with Gasteiger partial charge in [-0.05, 0) is 57.1 Å². The first-order chi connectivity index (χ1) is 13.6. The fourth-order valence-electron chi connectivity index (χ4n) is 4.41. The smallest absolute Gasteiger partial charge is 0.343 e. The number of nitrogens with zero attached hydrogens (tertiary/aromatic N) is 1. The van der Waals surface area contributed by atoms with E-state index >= 15 is 0 Å². The van der Waals surface area contributed by atoms with E-state index in [4.69, 9.17) is 0 Å². The van der Waals surface area contributed by atoms with E-state index in [1.807, 2.05) is 44.4 Å². The molecule has 0 saturated heterocycles. The molecule has 6 heteroatoms. The van der Waals surface area contributed by atoms with Gasteiger partial charge in [-0.1, -0.05) is 49.2 Å². The Morgan fingerprint density at radius 2 is 1.69 bits per heavy atom. The quantitative estimate of drug-likeness (QED) is 0.728. The Morgan fingerprint density at radius 3 is 2.24 bits per heavy atom. The zero-order valence-corrected chi connectivity index (χ0v) is 17.0. The van der Waals surface area contributed by atoms with Crippen molar-refractivity contribution in [3.05, 3.63) is 70.8 Å². The molecule has 2 aromatic rings. The molecule has 0 aliphatic heterocycles. The lowest BCUT2D eigenvalue weighted by molar-refractivity contribution is -0.137. The van der Waals surface area contributed by atoms with E-state index in [0.29, 0.717) is 5.56 Å². The summed E-state index contributed by atoms with van der Waals surface area (Å²) in [6.45, 7) is 1.66. The molecule has 1 aliphatic rings. The van der Waals surface area contributed by atoms with Crippen LogP contribution < -0.4 is 5.32 Å². The molecule has 1 amide bonds. The number of hydrogen-bond acceptors (Lipinski definition) is 2. The SMILES string of the molecule is Cc1ccc(C(F)(F)F)cc1C(=O)NC(c1ccccc1)C1(N(C)C)CCCC1. The number of hydrogen-bond donors (Lipinski definition) is 1. The molecule has 0 bridgehead atoms. The van der Waals surface area contributed by atoms with Crippen LogP contribution in [0.2, 0.25) is 0 Å². The van der Waals surface area contributed by atoms with Gasteiger partial charge in [0, 0.05) is 11.1 Å². The first kappa shape index (κ1) is 21.4. The van der Waals surface area contributed by atoms with Crippen LogP contribution in [0.1, 0.15) is 58.8 Å². The van der Waals surface area contributed by atoms with Gasteiger partial charge in [0.15, 0.2) is 0 Å². The average molecular weight is 404 g/mol. The van der Waals surface area contributed by atoms with Gasteiger partial charge >= 0.3 is 6.18 Å². The van der Waals surface area contributed by atoms with Crippen molar-refractivity contribution in [3.63, 3.8) is 0 Å². The van der Waals surface area contributed by atoms with Crippen molar-refractivity contribution in [1.82, 2.24) is 10.2 Å². The molecule has 0 radical (unpaired) electrons. The highest BCUT2D eigenvalue weighted by atomic mass is 19.4. The normalized spacial score (nSPS) is 17.3. The van der Waals surface area contributed by atoms with Crippen LogP contribution in [0.5, 0.6) is 0 Å².